The molecule has 42 heavy (non-hydrogen) atoms. The van der Waals surface area contributed by atoms with Crippen molar-refractivity contribution in [3.05, 3.63) is 59.4 Å². The Morgan fingerprint density at radius 1 is 0.857 bits per heavy atom. The summed E-state index contributed by atoms with van der Waals surface area (Å²) in [6.45, 7) is 11.3. The van der Waals surface area contributed by atoms with Crippen molar-refractivity contribution in [1.82, 2.24) is 4.90 Å². The summed E-state index contributed by atoms with van der Waals surface area (Å²) in [6.07, 6.45) is 11.8. The van der Waals surface area contributed by atoms with E-state index in [1.54, 1.807) is 12.1 Å². The number of likely N-dealkylation sites (tertiary alicyclic amines) is 2. The number of piperidine rings is 2. The number of aryl methyl sites for hydroxylation is 2. The van der Waals surface area contributed by atoms with Crippen molar-refractivity contribution in [2.45, 2.75) is 103 Å². The number of rotatable bonds is 13. The standard InChI is InChI=1S/C35H51FN4O2/c1-4-5-24-40(26-12-8-17-32(40)35(42)37-30-20-18-29(36)19-21-30)25-11-6-9-22-39-23-10-7-16-31(39)34(41)38-33-27(2)14-13-15-28(33)3/h13-15,18-21,31-32H,4-12,16-17,22-26H2,1-3H3,(H-,37,38,41,42)/p+1. The van der Waals surface area contributed by atoms with Gasteiger partial charge in [0.1, 0.15) is 5.82 Å². The highest BCUT2D eigenvalue weighted by Gasteiger charge is 2.43. The number of hydrogen-bond acceptors (Lipinski definition) is 3. The summed E-state index contributed by atoms with van der Waals surface area (Å²) < 4.78 is 14.3. The monoisotopic (exact) mass is 579 g/mol. The van der Waals surface area contributed by atoms with E-state index in [4.69, 9.17) is 0 Å². The third-order valence-electron chi connectivity index (χ3n) is 9.56. The van der Waals surface area contributed by atoms with Crippen LogP contribution in [0, 0.1) is 19.7 Å². The Balaban J connectivity index is 1.32. The van der Waals surface area contributed by atoms with Gasteiger partial charge in [-0.2, -0.15) is 0 Å². The topological polar surface area (TPSA) is 61.4 Å². The lowest BCUT2D eigenvalue weighted by Crippen LogP contribution is -2.63. The first-order chi connectivity index (χ1) is 20.3. The number of amides is 2. The molecule has 2 aromatic rings. The number of quaternary nitrogens is 1. The van der Waals surface area contributed by atoms with Crippen molar-refractivity contribution >= 4 is 23.2 Å². The number of halogens is 1. The number of nitrogens with one attached hydrogen (secondary N) is 2. The quantitative estimate of drug-likeness (QED) is 0.195. The molecule has 0 aliphatic carbocycles. The third kappa shape index (κ3) is 8.41. The smallest absolute Gasteiger partial charge is 0.282 e. The minimum atomic E-state index is -0.295. The zero-order valence-electron chi connectivity index (χ0n) is 26.1. The molecule has 2 saturated heterocycles. The van der Waals surface area contributed by atoms with Crippen LogP contribution in [0.5, 0.6) is 0 Å². The normalized spacial score (nSPS) is 23.0. The van der Waals surface area contributed by atoms with E-state index in [9.17, 15) is 14.0 Å². The molecule has 0 saturated carbocycles. The molecule has 0 aromatic heterocycles. The summed E-state index contributed by atoms with van der Waals surface area (Å²) in [4.78, 5) is 29.3. The fourth-order valence-electron chi connectivity index (χ4n) is 7.14. The molecule has 2 aromatic carbocycles. The minimum absolute atomic E-state index is 0.0598. The van der Waals surface area contributed by atoms with E-state index >= 15 is 0 Å². The van der Waals surface area contributed by atoms with E-state index in [2.05, 4.69) is 48.4 Å². The van der Waals surface area contributed by atoms with Crippen molar-refractivity contribution in [1.29, 1.82) is 0 Å². The zero-order valence-corrected chi connectivity index (χ0v) is 26.1. The summed E-state index contributed by atoms with van der Waals surface area (Å²) in [5, 5.41) is 6.33. The Hall–Kier alpha value is -2.77. The Labute approximate surface area is 252 Å². The Bertz CT molecular complexity index is 1150. The first-order valence-electron chi connectivity index (χ1n) is 16.4. The van der Waals surface area contributed by atoms with Gasteiger partial charge in [0.05, 0.1) is 25.7 Å². The van der Waals surface area contributed by atoms with Crippen LogP contribution in [0.1, 0.15) is 88.7 Å². The molecule has 3 unspecified atom stereocenters. The van der Waals surface area contributed by atoms with Gasteiger partial charge >= 0.3 is 0 Å². The van der Waals surface area contributed by atoms with Gasteiger partial charge in [-0.1, -0.05) is 38.0 Å². The van der Waals surface area contributed by atoms with Crippen molar-refractivity contribution < 1.29 is 18.5 Å². The third-order valence-corrected chi connectivity index (χ3v) is 9.56. The summed E-state index contributed by atoms with van der Waals surface area (Å²) >= 11 is 0. The van der Waals surface area contributed by atoms with Crippen LogP contribution in [0.3, 0.4) is 0 Å². The van der Waals surface area contributed by atoms with Crippen LogP contribution in [0.15, 0.2) is 42.5 Å². The largest absolute Gasteiger partial charge is 0.324 e. The van der Waals surface area contributed by atoms with Crippen LogP contribution in [0.2, 0.25) is 0 Å². The first-order valence-corrected chi connectivity index (χ1v) is 16.4. The van der Waals surface area contributed by atoms with Gasteiger partial charge in [-0.3, -0.25) is 14.5 Å². The predicted octanol–water partition coefficient (Wildman–Crippen LogP) is 7.21. The highest BCUT2D eigenvalue weighted by molar-refractivity contribution is 5.96. The van der Waals surface area contributed by atoms with Gasteiger partial charge in [-0.15, -0.1) is 0 Å². The average molecular weight is 580 g/mol. The van der Waals surface area contributed by atoms with E-state index in [1.807, 2.05) is 6.07 Å². The highest BCUT2D eigenvalue weighted by atomic mass is 19.1. The molecule has 2 N–H and O–H groups in total. The van der Waals surface area contributed by atoms with Crippen LogP contribution in [0.4, 0.5) is 15.8 Å². The van der Waals surface area contributed by atoms with Gasteiger partial charge in [-0.25, -0.2) is 4.39 Å². The maximum absolute atomic E-state index is 13.5. The molecule has 2 fully saturated rings. The summed E-state index contributed by atoms with van der Waals surface area (Å²) in [5.41, 5.74) is 3.83. The van der Waals surface area contributed by atoms with E-state index < -0.39 is 0 Å². The molecule has 0 bridgehead atoms. The molecule has 4 rings (SSSR count). The fraction of sp³-hybridized carbons (Fsp3) is 0.600. The van der Waals surface area contributed by atoms with Gasteiger partial charge in [0, 0.05) is 17.8 Å². The van der Waals surface area contributed by atoms with Gasteiger partial charge in [0.15, 0.2) is 6.04 Å². The van der Waals surface area contributed by atoms with Crippen molar-refractivity contribution in [2.75, 3.05) is 43.4 Å². The lowest BCUT2D eigenvalue weighted by molar-refractivity contribution is -0.947. The molecule has 6 nitrogen and oxygen atoms in total. The number of hydrogen-bond donors (Lipinski definition) is 2. The van der Waals surface area contributed by atoms with E-state index in [1.165, 1.54) is 12.1 Å². The molecule has 2 aliphatic heterocycles. The zero-order chi connectivity index (χ0) is 30.0. The molecular weight excluding hydrogens is 527 g/mol. The van der Waals surface area contributed by atoms with E-state index in [0.717, 1.165) is 125 Å². The number of para-hydroxylation sites is 1. The van der Waals surface area contributed by atoms with Gasteiger partial charge < -0.3 is 15.1 Å². The molecule has 7 heteroatoms. The molecule has 2 heterocycles. The lowest BCUT2D eigenvalue weighted by atomic mass is 9.95. The average Bonchev–Trinajstić information content (AvgIpc) is 2.99. The minimum Gasteiger partial charge on any atom is -0.324 e. The highest BCUT2D eigenvalue weighted by Crippen LogP contribution is 2.30. The second kappa shape index (κ2) is 15.6. The van der Waals surface area contributed by atoms with Crippen LogP contribution in [-0.2, 0) is 9.59 Å². The van der Waals surface area contributed by atoms with Crippen LogP contribution < -0.4 is 10.6 Å². The Morgan fingerprint density at radius 3 is 2.31 bits per heavy atom. The lowest BCUT2D eigenvalue weighted by Gasteiger charge is -2.47. The van der Waals surface area contributed by atoms with Gasteiger partial charge in [0.25, 0.3) is 5.91 Å². The predicted molar refractivity (Wildman–Crippen MR) is 170 cm³/mol. The van der Waals surface area contributed by atoms with Gasteiger partial charge in [-0.05, 0) is 114 Å². The molecule has 0 radical (unpaired) electrons. The molecule has 0 spiro atoms. The number of anilines is 2. The number of nitrogens with zero attached hydrogens (tertiary/aromatic N) is 2. The first kappa shape index (κ1) is 32.2. The van der Waals surface area contributed by atoms with Crippen LogP contribution in [-0.4, -0.2) is 66.0 Å². The van der Waals surface area contributed by atoms with Crippen molar-refractivity contribution in [2.24, 2.45) is 0 Å². The Kier molecular flexibility index (Phi) is 12.0. The van der Waals surface area contributed by atoms with Crippen molar-refractivity contribution in [3.63, 3.8) is 0 Å². The summed E-state index contributed by atoms with van der Waals surface area (Å²) in [5.74, 6) is -0.0976. The summed E-state index contributed by atoms with van der Waals surface area (Å²) in [7, 11) is 0. The van der Waals surface area contributed by atoms with Crippen molar-refractivity contribution in [3.8, 4) is 0 Å². The fourth-order valence-corrected chi connectivity index (χ4v) is 7.14. The molecule has 3 atom stereocenters. The Morgan fingerprint density at radius 2 is 1.57 bits per heavy atom. The maximum atomic E-state index is 13.5. The second-order valence-electron chi connectivity index (χ2n) is 12.6. The molecule has 2 amide bonds. The number of benzene rings is 2. The summed E-state index contributed by atoms with van der Waals surface area (Å²) in [6, 6.07) is 12.1. The second-order valence-corrected chi connectivity index (χ2v) is 12.6. The van der Waals surface area contributed by atoms with Gasteiger partial charge in [0.2, 0.25) is 5.91 Å². The number of unbranched alkanes of at least 4 members (excludes halogenated alkanes) is 3. The number of carbonyl (C=O) groups excluding carboxylic acids is 2. The maximum Gasteiger partial charge on any atom is 0.282 e. The van der Waals surface area contributed by atoms with Crippen LogP contribution >= 0.6 is 0 Å². The number of carbonyl (C=O) groups is 2. The van der Waals surface area contributed by atoms with E-state index in [0.29, 0.717) is 5.69 Å². The van der Waals surface area contributed by atoms with Crippen LogP contribution in [0.25, 0.3) is 0 Å². The molecular formula is C35H52FN4O2+. The molecule has 230 valence electrons. The molecule has 2 aliphatic rings. The SMILES string of the molecule is CCCC[N+]1(CCCCCN2CCCCC2C(=O)Nc2c(C)cccc2C)CCCCC1C(=O)Nc1ccc(F)cc1. The van der Waals surface area contributed by atoms with E-state index in [-0.39, 0.29) is 29.7 Å².